The Labute approximate surface area is 193 Å². The second-order valence-corrected chi connectivity index (χ2v) is 11.1. The number of nitrogens with one attached hydrogen (secondary N) is 1. The van der Waals surface area contributed by atoms with Gasteiger partial charge in [0.2, 0.25) is 5.91 Å². The van der Waals surface area contributed by atoms with Crippen molar-refractivity contribution in [3.8, 4) is 0 Å². The van der Waals surface area contributed by atoms with Crippen molar-refractivity contribution < 1.29 is 33.1 Å². The number of aliphatic carboxylic acids is 1. The molecule has 1 aromatic rings. The molecule has 1 saturated carbocycles. The average Bonchev–Trinajstić information content (AvgIpc) is 3.27. The van der Waals surface area contributed by atoms with Crippen LogP contribution in [0.15, 0.2) is 23.4 Å². The van der Waals surface area contributed by atoms with Crippen molar-refractivity contribution >= 4 is 35.3 Å². The number of hydrogen-bond donors (Lipinski definition) is 2. The van der Waals surface area contributed by atoms with Gasteiger partial charge in [-0.1, -0.05) is 11.2 Å². The number of rotatable bonds is 6. The van der Waals surface area contributed by atoms with Crippen LogP contribution in [-0.4, -0.2) is 61.3 Å². The number of benzene rings is 1. The monoisotopic (exact) mass is 481 g/mol. The fourth-order valence-corrected chi connectivity index (χ4v) is 6.28. The van der Waals surface area contributed by atoms with E-state index in [1.165, 1.54) is 22.7 Å². The molecule has 0 radical (unpaired) electrons. The Morgan fingerprint density at radius 2 is 1.82 bits per heavy atom. The molecule has 8 nitrogen and oxygen atoms in total. The molecule has 2 saturated heterocycles. The highest BCUT2D eigenvalue weighted by Crippen LogP contribution is 2.50. The summed E-state index contributed by atoms with van der Waals surface area (Å²) >= 11 is 1.25. The summed E-state index contributed by atoms with van der Waals surface area (Å²) in [5.41, 5.74) is -1.92. The quantitative estimate of drug-likeness (QED) is 0.367. The lowest BCUT2D eigenvalue weighted by Crippen LogP contribution is -2.71. The third-order valence-electron chi connectivity index (χ3n) is 6.39. The third-order valence-corrected chi connectivity index (χ3v) is 7.97. The Morgan fingerprint density at radius 1 is 1.21 bits per heavy atom. The minimum Gasteiger partial charge on any atom is -0.480 e. The second-order valence-electron chi connectivity index (χ2n) is 9.33. The van der Waals surface area contributed by atoms with E-state index < -0.39 is 68.5 Å². The molecule has 4 rings (SSSR count). The van der Waals surface area contributed by atoms with Gasteiger partial charge < -0.3 is 20.2 Å². The first-order valence-electron chi connectivity index (χ1n) is 10.7. The number of β-lactam (4-membered cyclic amide) rings is 1. The van der Waals surface area contributed by atoms with E-state index in [1.807, 2.05) is 6.92 Å². The molecule has 3 fully saturated rings. The van der Waals surface area contributed by atoms with Crippen molar-refractivity contribution in [2.45, 2.75) is 74.3 Å². The van der Waals surface area contributed by atoms with E-state index in [9.17, 15) is 28.3 Å². The number of carbonyl (C=O) groups excluding carboxylic acids is 2. The number of hydrogen-bond acceptors (Lipinski definition) is 6. The summed E-state index contributed by atoms with van der Waals surface area (Å²) in [4.78, 5) is 44.3. The fourth-order valence-electron chi connectivity index (χ4n) is 4.65. The molecule has 11 heteroatoms. The molecule has 0 aromatic heterocycles. The van der Waals surface area contributed by atoms with Crippen LogP contribution < -0.4 is 5.32 Å². The number of amides is 2. The van der Waals surface area contributed by atoms with Crippen LogP contribution in [0.1, 0.15) is 52.0 Å². The Bertz CT molecular complexity index is 1020. The second kappa shape index (κ2) is 8.27. The number of oxime groups is 1. The predicted molar refractivity (Wildman–Crippen MR) is 117 cm³/mol. The molecule has 0 bridgehead atoms. The van der Waals surface area contributed by atoms with E-state index in [0.29, 0.717) is 12.8 Å². The van der Waals surface area contributed by atoms with Crippen LogP contribution in [0.5, 0.6) is 0 Å². The van der Waals surface area contributed by atoms with Crippen LogP contribution >= 0.6 is 11.8 Å². The summed E-state index contributed by atoms with van der Waals surface area (Å²) in [6.45, 7) is 5.23. The molecule has 0 spiro atoms. The lowest BCUT2D eigenvalue weighted by atomic mass is 9.96. The zero-order chi connectivity index (χ0) is 24.1. The number of carboxylic acid groups (broad SMARTS) is 1. The van der Waals surface area contributed by atoms with Gasteiger partial charge in [0.15, 0.2) is 5.71 Å². The Balaban J connectivity index is 1.60. The molecule has 2 amide bonds. The van der Waals surface area contributed by atoms with Gasteiger partial charge in [-0.05, 0) is 58.6 Å². The minimum absolute atomic E-state index is 0.573. The minimum atomic E-state index is -1.14. The van der Waals surface area contributed by atoms with Gasteiger partial charge in [0, 0.05) is 4.75 Å². The van der Waals surface area contributed by atoms with E-state index in [1.54, 1.807) is 13.8 Å². The molecular formula is C22H25F2N3O5S. The molecular weight excluding hydrogens is 456 g/mol. The lowest BCUT2D eigenvalue weighted by molar-refractivity contribution is -0.160. The smallest absolute Gasteiger partial charge is 0.327 e. The van der Waals surface area contributed by atoms with Crippen LogP contribution in [0.3, 0.4) is 0 Å². The number of thioether (sulfide) groups is 1. The first-order chi connectivity index (χ1) is 15.4. The van der Waals surface area contributed by atoms with E-state index in [0.717, 1.165) is 25.0 Å². The summed E-state index contributed by atoms with van der Waals surface area (Å²) in [6.07, 6.45) is 3.19. The van der Waals surface area contributed by atoms with Crippen molar-refractivity contribution in [1.29, 1.82) is 0 Å². The molecule has 2 heterocycles. The van der Waals surface area contributed by atoms with Crippen LogP contribution in [0.25, 0.3) is 0 Å². The highest BCUT2D eigenvalue weighted by atomic mass is 32.2. The third kappa shape index (κ3) is 4.07. The molecule has 33 heavy (non-hydrogen) atoms. The summed E-state index contributed by atoms with van der Waals surface area (Å²) < 4.78 is 28.3. The first kappa shape index (κ1) is 23.5. The maximum atomic E-state index is 14.5. The maximum Gasteiger partial charge on any atom is 0.327 e. The summed E-state index contributed by atoms with van der Waals surface area (Å²) in [5.74, 6) is -4.67. The number of fused-ring (bicyclic) bond motifs is 1. The number of carbonyl (C=O) groups is 3. The topological polar surface area (TPSA) is 108 Å². The zero-order valence-corrected chi connectivity index (χ0v) is 19.2. The number of carboxylic acids is 1. The Kier molecular flexibility index (Phi) is 5.88. The van der Waals surface area contributed by atoms with Crippen molar-refractivity contribution in [2.75, 3.05) is 0 Å². The van der Waals surface area contributed by atoms with Gasteiger partial charge in [-0.25, -0.2) is 13.6 Å². The van der Waals surface area contributed by atoms with Crippen molar-refractivity contribution in [1.82, 2.24) is 10.2 Å². The van der Waals surface area contributed by atoms with Crippen LogP contribution in [-0.2, 0) is 19.2 Å². The van der Waals surface area contributed by atoms with Gasteiger partial charge >= 0.3 is 5.97 Å². The maximum absolute atomic E-state index is 14.5. The molecule has 2 N–H and O–H groups in total. The molecule has 3 atom stereocenters. The zero-order valence-electron chi connectivity index (χ0n) is 18.4. The van der Waals surface area contributed by atoms with Crippen molar-refractivity contribution in [3.05, 3.63) is 35.4 Å². The fraction of sp³-hybridized carbons (Fsp3) is 0.545. The molecule has 2 aliphatic heterocycles. The average molecular weight is 482 g/mol. The van der Waals surface area contributed by atoms with Gasteiger partial charge in [0.05, 0.1) is 5.56 Å². The number of nitrogens with zero attached hydrogens (tertiary/aromatic N) is 2. The van der Waals surface area contributed by atoms with E-state index in [2.05, 4.69) is 10.5 Å². The number of halogens is 2. The van der Waals surface area contributed by atoms with E-state index in [-0.39, 0.29) is 0 Å². The van der Waals surface area contributed by atoms with Gasteiger partial charge in [-0.15, -0.1) is 11.8 Å². The highest BCUT2D eigenvalue weighted by Gasteiger charge is 2.64. The Morgan fingerprint density at radius 3 is 2.39 bits per heavy atom. The van der Waals surface area contributed by atoms with Crippen molar-refractivity contribution in [3.63, 3.8) is 0 Å². The highest BCUT2D eigenvalue weighted by molar-refractivity contribution is 8.01. The van der Waals surface area contributed by atoms with Crippen molar-refractivity contribution in [2.24, 2.45) is 5.16 Å². The lowest BCUT2D eigenvalue weighted by Gasteiger charge is -2.43. The van der Waals surface area contributed by atoms with Crippen LogP contribution in [0, 0.1) is 11.6 Å². The normalized spacial score (nSPS) is 27.7. The first-order valence-corrected chi connectivity index (χ1v) is 11.6. The molecule has 178 valence electrons. The standard InChI is InChI=1S/C22H25F2N3O5S/c1-21(2)16(20(30)31)27-18(29)15(19(27)33-21)25-17(28)14(13-11(23)7-6-8-12(13)24)26-32-22(3)9-4-5-10-22/h6-8,15-16,19H,4-5,9-10H2,1-3H3,(H,25,28)(H,30,31)/b26-14-/t15-,16-,19+/m0/s1. The van der Waals surface area contributed by atoms with Gasteiger partial charge in [0.1, 0.15) is 34.7 Å². The van der Waals surface area contributed by atoms with Crippen LogP contribution in [0.2, 0.25) is 0 Å². The van der Waals surface area contributed by atoms with Gasteiger partial charge in [-0.3, -0.25) is 9.59 Å². The van der Waals surface area contributed by atoms with Crippen LogP contribution in [0.4, 0.5) is 8.78 Å². The van der Waals surface area contributed by atoms with E-state index >= 15 is 0 Å². The summed E-state index contributed by atoms with van der Waals surface area (Å²) in [5, 5.41) is 15.3. The largest absolute Gasteiger partial charge is 0.480 e. The summed E-state index contributed by atoms with van der Waals surface area (Å²) in [7, 11) is 0. The summed E-state index contributed by atoms with van der Waals surface area (Å²) in [6, 6.07) is 1.08. The molecule has 0 unspecified atom stereocenters. The van der Waals surface area contributed by atoms with Gasteiger partial charge in [0.25, 0.3) is 5.91 Å². The molecule has 1 aliphatic carbocycles. The van der Waals surface area contributed by atoms with Gasteiger partial charge in [-0.2, -0.15) is 0 Å². The Hall–Kier alpha value is -2.69. The molecule has 1 aromatic carbocycles. The SMILES string of the molecule is CC1(O/N=C(\C(=O)N[C@H]2C(=O)N3[C@@H]2SC(C)(C)[C@@H]3C(=O)O)c2c(F)cccc2F)CCCC1. The van der Waals surface area contributed by atoms with E-state index in [4.69, 9.17) is 4.84 Å². The molecule has 3 aliphatic rings. The predicted octanol–water partition coefficient (Wildman–Crippen LogP) is 2.65.